The predicted octanol–water partition coefficient (Wildman–Crippen LogP) is 1.66. The third-order valence-corrected chi connectivity index (χ3v) is 2.48. The molecular formula is C13H16N4O2. The van der Waals surface area contributed by atoms with Crippen LogP contribution in [0.5, 0.6) is 11.6 Å². The second kappa shape index (κ2) is 6.01. The van der Waals surface area contributed by atoms with Crippen LogP contribution in [0.25, 0.3) is 0 Å². The summed E-state index contributed by atoms with van der Waals surface area (Å²) < 4.78 is 10.8. The summed E-state index contributed by atoms with van der Waals surface area (Å²) in [6.07, 6.45) is 0. The van der Waals surface area contributed by atoms with E-state index in [4.69, 9.17) is 15.3 Å². The molecule has 19 heavy (non-hydrogen) atoms. The van der Waals surface area contributed by atoms with Gasteiger partial charge in [0.25, 0.3) is 0 Å². The number of nitrogens with two attached hydrogens (primary N) is 1. The Labute approximate surface area is 111 Å². The molecule has 0 amide bonds. The molecule has 1 aromatic carbocycles. The van der Waals surface area contributed by atoms with Crippen molar-refractivity contribution in [1.82, 2.24) is 9.97 Å². The largest absolute Gasteiger partial charge is 0.497 e. The summed E-state index contributed by atoms with van der Waals surface area (Å²) in [5.74, 6) is 7.71. The van der Waals surface area contributed by atoms with Crippen LogP contribution in [0.1, 0.15) is 11.4 Å². The fraction of sp³-hybridized carbons (Fsp3) is 0.231. The van der Waals surface area contributed by atoms with Gasteiger partial charge in [0.2, 0.25) is 5.88 Å². The molecule has 6 nitrogen and oxygen atoms in total. The molecule has 0 saturated carbocycles. The zero-order valence-corrected chi connectivity index (χ0v) is 10.9. The monoisotopic (exact) mass is 260 g/mol. The molecule has 3 N–H and O–H groups in total. The number of hydrogen-bond acceptors (Lipinski definition) is 6. The van der Waals surface area contributed by atoms with Crippen molar-refractivity contribution in [1.29, 1.82) is 0 Å². The number of aromatic nitrogens is 2. The molecule has 0 aliphatic rings. The number of ether oxygens (including phenoxy) is 2. The molecule has 1 heterocycles. The van der Waals surface area contributed by atoms with Gasteiger partial charge < -0.3 is 14.9 Å². The van der Waals surface area contributed by atoms with Gasteiger partial charge in [-0.3, -0.25) is 0 Å². The molecule has 0 atom stereocenters. The highest BCUT2D eigenvalue weighted by atomic mass is 16.5. The van der Waals surface area contributed by atoms with Gasteiger partial charge in [0.15, 0.2) is 0 Å². The van der Waals surface area contributed by atoms with Crippen molar-refractivity contribution in [3.63, 3.8) is 0 Å². The molecule has 0 fully saturated rings. The maximum absolute atomic E-state index is 5.61. The van der Waals surface area contributed by atoms with Crippen LogP contribution in [0.15, 0.2) is 30.3 Å². The predicted molar refractivity (Wildman–Crippen MR) is 71.9 cm³/mol. The third-order valence-electron chi connectivity index (χ3n) is 2.48. The smallest absolute Gasteiger partial charge is 0.219 e. The fourth-order valence-corrected chi connectivity index (χ4v) is 1.61. The summed E-state index contributed by atoms with van der Waals surface area (Å²) in [6, 6.07) is 9.31. The first kappa shape index (κ1) is 13.1. The van der Waals surface area contributed by atoms with E-state index in [9.17, 15) is 0 Å². The molecule has 0 aliphatic carbocycles. The normalized spacial score (nSPS) is 10.1. The van der Waals surface area contributed by atoms with Crippen LogP contribution in [0.2, 0.25) is 0 Å². The van der Waals surface area contributed by atoms with Crippen molar-refractivity contribution in [3.8, 4) is 11.6 Å². The number of nitrogens with one attached hydrogen (secondary N) is 1. The minimum Gasteiger partial charge on any atom is -0.497 e. The van der Waals surface area contributed by atoms with Gasteiger partial charge in [-0.05, 0) is 24.6 Å². The van der Waals surface area contributed by atoms with Crippen molar-refractivity contribution >= 4 is 5.82 Å². The first-order chi connectivity index (χ1) is 9.21. The standard InChI is InChI=1S/C13H16N4O2/c1-9-15-12(17-14)7-13(16-9)19-8-10-4-3-5-11(6-10)18-2/h3-7H,8,14H2,1-2H3,(H,15,16,17). The van der Waals surface area contributed by atoms with E-state index in [-0.39, 0.29) is 0 Å². The molecular weight excluding hydrogens is 244 g/mol. The van der Waals surface area contributed by atoms with Crippen molar-refractivity contribution in [2.45, 2.75) is 13.5 Å². The van der Waals surface area contributed by atoms with E-state index < -0.39 is 0 Å². The lowest BCUT2D eigenvalue weighted by molar-refractivity contribution is 0.292. The van der Waals surface area contributed by atoms with Crippen LogP contribution in [0, 0.1) is 6.92 Å². The Morgan fingerprint density at radius 1 is 1.26 bits per heavy atom. The first-order valence-corrected chi connectivity index (χ1v) is 5.79. The van der Waals surface area contributed by atoms with E-state index in [1.54, 1.807) is 20.1 Å². The Morgan fingerprint density at radius 3 is 2.84 bits per heavy atom. The lowest BCUT2D eigenvalue weighted by Crippen LogP contribution is -2.10. The molecule has 1 aromatic heterocycles. The number of hydrogen-bond donors (Lipinski definition) is 2. The summed E-state index contributed by atoms with van der Waals surface area (Å²) in [7, 11) is 1.63. The number of benzene rings is 1. The van der Waals surface area contributed by atoms with Crippen LogP contribution in [0.4, 0.5) is 5.82 Å². The number of aryl methyl sites for hydroxylation is 1. The lowest BCUT2D eigenvalue weighted by Gasteiger charge is -2.08. The van der Waals surface area contributed by atoms with Crippen molar-refractivity contribution in [2.75, 3.05) is 12.5 Å². The molecule has 0 aliphatic heterocycles. The summed E-state index contributed by atoms with van der Waals surface area (Å²) >= 11 is 0. The average molecular weight is 260 g/mol. The van der Waals surface area contributed by atoms with Gasteiger partial charge in [0.05, 0.1) is 7.11 Å². The Kier molecular flexibility index (Phi) is 4.15. The van der Waals surface area contributed by atoms with Gasteiger partial charge in [0, 0.05) is 6.07 Å². The Morgan fingerprint density at radius 2 is 2.11 bits per heavy atom. The number of nitrogen functional groups attached to an aromatic ring is 1. The topological polar surface area (TPSA) is 82.3 Å². The van der Waals surface area contributed by atoms with Crippen LogP contribution < -0.4 is 20.7 Å². The van der Waals surface area contributed by atoms with Crippen LogP contribution in [-0.2, 0) is 6.61 Å². The highest BCUT2D eigenvalue weighted by Gasteiger charge is 2.03. The Balaban J connectivity index is 2.07. The quantitative estimate of drug-likeness (QED) is 0.628. The van der Waals surface area contributed by atoms with Crippen LogP contribution in [-0.4, -0.2) is 17.1 Å². The van der Waals surface area contributed by atoms with Gasteiger partial charge in [-0.1, -0.05) is 12.1 Å². The second-order valence-electron chi connectivity index (χ2n) is 3.92. The van der Waals surface area contributed by atoms with E-state index >= 15 is 0 Å². The zero-order chi connectivity index (χ0) is 13.7. The molecule has 0 bridgehead atoms. The summed E-state index contributed by atoms with van der Waals surface area (Å²) in [5, 5.41) is 0. The van der Waals surface area contributed by atoms with Crippen molar-refractivity contribution in [2.24, 2.45) is 5.84 Å². The number of anilines is 1. The summed E-state index contributed by atoms with van der Waals surface area (Å²) in [6.45, 7) is 2.18. The van der Waals surface area contributed by atoms with Crippen LogP contribution >= 0.6 is 0 Å². The first-order valence-electron chi connectivity index (χ1n) is 5.79. The highest BCUT2D eigenvalue weighted by molar-refractivity contribution is 5.37. The van der Waals surface area contributed by atoms with E-state index in [1.165, 1.54) is 0 Å². The molecule has 2 aromatic rings. The van der Waals surface area contributed by atoms with Crippen molar-refractivity contribution in [3.05, 3.63) is 41.7 Å². The SMILES string of the molecule is COc1cccc(COc2cc(NN)nc(C)n2)c1. The van der Waals surface area contributed by atoms with E-state index in [0.717, 1.165) is 11.3 Å². The maximum atomic E-state index is 5.61. The van der Waals surface area contributed by atoms with Gasteiger partial charge in [0.1, 0.15) is 24.0 Å². The van der Waals surface area contributed by atoms with E-state index in [0.29, 0.717) is 24.1 Å². The second-order valence-corrected chi connectivity index (χ2v) is 3.92. The molecule has 2 rings (SSSR count). The molecule has 0 spiro atoms. The molecule has 0 unspecified atom stereocenters. The van der Waals surface area contributed by atoms with Gasteiger partial charge in [-0.15, -0.1) is 0 Å². The highest BCUT2D eigenvalue weighted by Crippen LogP contribution is 2.16. The molecule has 0 saturated heterocycles. The molecule has 0 radical (unpaired) electrons. The lowest BCUT2D eigenvalue weighted by atomic mass is 10.2. The Hall–Kier alpha value is -2.34. The number of nitrogens with zero attached hydrogens (tertiary/aromatic N) is 2. The van der Waals surface area contributed by atoms with Gasteiger partial charge in [-0.25, -0.2) is 10.8 Å². The fourth-order valence-electron chi connectivity index (χ4n) is 1.61. The number of hydrazine groups is 1. The van der Waals surface area contributed by atoms with Crippen LogP contribution in [0.3, 0.4) is 0 Å². The minimum absolute atomic E-state index is 0.400. The molecule has 100 valence electrons. The van der Waals surface area contributed by atoms with E-state index in [2.05, 4.69) is 15.4 Å². The van der Waals surface area contributed by atoms with Crippen molar-refractivity contribution < 1.29 is 9.47 Å². The summed E-state index contributed by atoms with van der Waals surface area (Å²) in [4.78, 5) is 8.27. The van der Waals surface area contributed by atoms with Gasteiger partial charge >= 0.3 is 0 Å². The number of rotatable bonds is 5. The molecule has 6 heteroatoms. The van der Waals surface area contributed by atoms with Gasteiger partial charge in [-0.2, -0.15) is 4.98 Å². The average Bonchev–Trinajstić information content (AvgIpc) is 2.44. The number of methoxy groups -OCH3 is 1. The van der Waals surface area contributed by atoms with E-state index in [1.807, 2.05) is 24.3 Å². The Bertz CT molecular complexity index is 560. The summed E-state index contributed by atoms with van der Waals surface area (Å²) in [5.41, 5.74) is 3.47. The zero-order valence-electron chi connectivity index (χ0n) is 10.9. The minimum atomic E-state index is 0.400. The maximum Gasteiger partial charge on any atom is 0.219 e. The third kappa shape index (κ3) is 3.56.